The van der Waals surface area contributed by atoms with E-state index in [1.165, 1.54) is 5.56 Å². The zero-order valence-corrected chi connectivity index (χ0v) is 13.4. The van der Waals surface area contributed by atoms with Crippen molar-refractivity contribution in [2.45, 2.75) is 6.92 Å². The highest BCUT2D eigenvalue weighted by molar-refractivity contribution is 6.66. The van der Waals surface area contributed by atoms with Crippen molar-refractivity contribution in [3.63, 3.8) is 0 Å². The van der Waals surface area contributed by atoms with Crippen molar-refractivity contribution in [1.29, 1.82) is 0 Å². The van der Waals surface area contributed by atoms with E-state index in [4.69, 9.17) is 0 Å². The van der Waals surface area contributed by atoms with Gasteiger partial charge in [0, 0.05) is 0 Å². The average molecular weight is 312 g/mol. The third-order valence-electron chi connectivity index (χ3n) is 4.54. The summed E-state index contributed by atoms with van der Waals surface area (Å²) >= 11 is 0. The molecule has 4 rings (SSSR count). The lowest BCUT2D eigenvalue weighted by Crippen LogP contribution is -2.31. The molecule has 0 bridgehead atoms. The maximum Gasteiger partial charge on any atom is 0.489 e. The molecule has 0 unspecified atom stereocenters. The summed E-state index contributed by atoms with van der Waals surface area (Å²) in [7, 11) is -1.51. The van der Waals surface area contributed by atoms with Gasteiger partial charge in [-0.15, -0.1) is 0 Å². The number of rotatable bonds is 2. The molecule has 0 aliphatic rings. The van der Waals surface area contributed by atoms with Crippen LogP contribution in [0.15, 0.2) is 72.8 Å². The molecule has 116 valence electrons. The van der Waals surface area contributed by atoms with Crippen molar-refractivity contribution in [3.8, 4) is 11.1 Å². The summed E-state index contributed by atoms with van der Waals surface area (Å²) in [6.45, 7) is 2.08. The quantitative estimate of drug-likeness (QED) is 0.438. The molecular formula is C21H17BO2. The maximum absolute atomic E-state index is 9.98. The van der Waals surface area contributed by atoms with Gasteiger partial charge in [-0.3, -0.25) is 0 Å². The molecule has 4 aromatic rings. The molecule has 0 amide bonds. The minimum Gasteiger partial charge on any atom is -0.423 e. The first-order valence-corrected chi connectivity index (χ1v) is 8.03. The topological polar surface area (TPSA) is 40.5 Å². The fourth-order valence-electron chi connectivity index (χ4n) is 3.55. The summed E-state index contributed by atoms with van der Waals surface area (Å²) in [5.41, 5.74) is 4.04. The number of fused-ring (bicyclic) bond motifs is 2. The van der Waals surface area contributed by atoms with Crippen LogP contribution in [0.3, 0.4) is 0 Å². The Morgan fingerprint density at radius 2 is 1.21 bits per heavy atom. The van der Waals surface area contributed by atoms with Gasteiger partial charge in [-0.1, -0.05) is 78.4 Å². The molecule has 4 aromatic carbocycles. The summed E-state index contributed by atoms with van der Waals surface area (Å²) in [6.07, 6.45) is 0. The zero-order chi connectivity index (χ0) is 16.7. The van der Waals surface area contributed by atoms with E-state index in [1.54, 1.807) is 0 Å². The smallest absolute Gasteiger partial charge is 0.423 e. The predicted molar refractivity (Wildman–Crippen MR) is 101 cm³/mol. The first kappa shape index (κ1) is 14.9. The van der Waals surface area contributed by atoms with Crippen molar-refractivity contribution in [2.75, 3.05) is 0 Å². The second-order valence-electron chi connectivity index (χ2n) is 6.12. The van der Waals surface area contributed by atoms with Crippen LogP contribution in [0, 0.1) is 6.92 Å². The van der Waals surface area contributed by atoms with Gasteiger partial charge in [0.25, 0.3) is 0 Å². The number of benzene rings is 4. The van der Waals surface area contributed by atoms with Crippen molar-refractivity contribution in [1.82, 2.24) is 0 Å². The Balaban J connectivity index is 2.26. The highest BCUT2D eigenvalue weighted by Gasteiger charge is 2.21. The van der Waals surface area contributed by atoms with Gasteiger partial charge in [-0.05, 0) is 45.1 Å². The lowest BCUT2D eigenvalue weighted by Gasteiger charge is -2.17. The third-order valence-corrected chi connectivity index (χ3v) is 4.54. The Hall–Kier alpha value is -2.62. The Morgan fingerprint density at radius 3 is 1.71 bits per heavy atom. The summed E-state index contributed by atoms with van der Waals surface area (Å²) in [5.74, 6) is 0. The molecule has 0 spiro atoms. The van der Waals surface area contributed by atoms with Gasteiger partial charge in [-0.2, -0.15) is 0 Å². The van der Waals surface area contributed by atoms with Crippen LogP contribution >= 0.6 is 0 Å². The Kier molecular flexibility index (Phi) is 3.60. The molecule has 0 aromatic heterocycles. The lowest BCUT2D eigenvalue weighted by molar-refractivity contribution is 0.426. The first-order chi connectivity index (χ1) is 11.7. The van der Waals surface area contributed by atoms with Gasteiger partial charge in [0.1, 0.15) is 0 Å². The first-order valence-electron chi connectivity index (χ1n) is 8.03. The summed E-state index contributed by atoms with van der Waals surface area (Å²) < 4.78 is 0. The van der Waals surface area contributed by atoms with Crippen molar-refractivity contribution < 1.29 is 10.0 Å². The Morgan fingerprint density at radius 1 is 0.667 bits per heavy atom. The van der Waals surface area contributed by atoms with E-state index in [9.17, 15) is 10.0 Å². The van der Waals surface area contributed by atoms with Crippen LogP contribution in [0.4, 0.5) is 0 Å². The highest BCUT2D eigenvalue weighted by Crippen LogP contribution is 2.35. The van der Waals surface area contributed by atoms with Crippen molar-refractivity contribution in [2.24, 2.45) is 0 Å². The van der Waals surface area contributed by atoms with Crippen LogP contribution in [0.25, 0.3) is 32.7 Å². The fourth-order valence-corrected chi connectivity index (χ4v) is 3.55. The monoisotopic (exact) mass is 312 g/mol. The average Bonchev–Trinajstić information content (AvgIpc) is 2.59. The molecule has 0 radical (unpaired) electrons. The Bertz CT molecular complexity index is 997. The molecule has 0 aliphatic heterocycles. The molecule has 0 saturated heterocycles. The fraction of sp³-hybridized carbons (Fsp3) is 0.0476. The molecule has 0 atom stereocenters. The zero-order valence-electron chi connectivity index (χ0n) is 13.4. The van der Waals surface area contributed by atoms with Gasteiger partial charge in [-0.25, -0.2) is 0 Å². The van der Waals surface area contributed by atoms with E-state index in [2.05, 4.69) is 31.2 Å². The SMILES string of the molecule is Cc1cccc(-c2c3ccccc3c(B(O)O)c3ccccc23)c1. The van der Waals surface area contributed by atoms with Crippen LogP contribution in [0.1, 0.15) is 5.56 Å². The molecule has 2 N–H and O–H groups in total. The summed E-state index contributed by atoms with van der Waals surface area (Å²) in [4.78, 5) is 0. The summed E-state index contributed by atoms with van der Waals surface area (Å²) in [5, 5.41) is 23.8. The summed E-state index contributed by atoms with van der Waals surface area (Å²) in [6, 6.07) is 24.3. The van der Waals surface area contributed by atoms with E-state index in [1.807, 2.05) is 48.5 Å². The molecule has 3 heteroatoms. The number of hydrogen-bond acceptors (Lipinski definition) is 2. The van der Waals surface area contributed by atoms with Gasteiger partial charge >= 0.3 is 7.12 Å². The van der Waals surface area contributed by atoms with Gasteiger partial charge < -0.3 is 10.0 Å². The lowest BCUT2D eigenvalue weighted by atomic mass is 9.72. The second-order valence-corrected chi connectivity index (χ2v) is 6.12. The minimum absolute atomic E-state index is 0.567. The van der Waals surface area contributed by atoms with E-state index < -0.39 is 7.12 Å². The molecule has 0 heterocycles. The van der Waals surface area contributed by atoms with Crippen LogP contribution in [0.5, 0.6) is 0 Å². The standard InChI is InChI=1S/C21H17BO2/c1-14-7-6-8-15(13-14)20-16-9-2-4-11-18(16)21(22(23)24)19-12-5-3-10-17(19)20/h2-13,23-24H,1H3. The molecule has 0 saturated carbocycles. The van der Waals surface area contributed by atoms with Crippen molar-refractivity contribution in [3.05, 3.63) is 78.4 Å². The Labute approximate surface area is 141 Å². The molecule has 0 aliphatic carbocycles. The number of aryl methyl sites for hydroxylation is 1. The van der Waals surface area contributed by atoms with E-state index >= 15 is 0 Å². The van der Waals surface area contributed by atoms with Gasteiger partial charge in [0.05, 0.1) is 0 Å². The highest BCUT2D eigenvalue weighted by atomic mass is 16.4. The van der Waals surface area contributed by atoms with Crippen LogP contribution in [-0.4, -0.2) is 17.2 Å². The third kappa shape index (κ3) is 2.30. The maximum atomic E-state index is 9.98. The second kappa shape index (κ2) is 5.79. The van der Waals surface area contributed by atoms with Crippen LogP contribution in [-0.2, 0) is 0 Å². The number of hydrogen-bond donors (Lipinski definition) is 2. The van der Waals surface area contributed by atoms with Gasteiger partial charge in [0.15, 0.2) is 0 Å². The van der Waals surface area contributed by atoms with E-state index in [0.717, 1.165) is 32.7 Å². The molecule has 24 heavy (non-hydrogen) atoms. The largest absolute Gasteiger partial charge is 0.489 e. The van der Waals surface area contributed by atoms with Gasteiger partial charge in [0.2, 0.25) is 0 Å². The molecule has 0 fully saturated rings. The van der Waals surface area contributed by atoms with Crippen LogP contribution in [0.2, 0.25) is 0 Å². The predicted octanol–water partition coefficient (Wildman–Crippen LogP) is 3.65. The molecular weight excluding hydrogens is 295 g/mol. The molecule has 2 nitrogen and oxygen atoms in total. The van der Waals surface area contributed by atoms with Crippen LogP contribution < -0.4 is 5.46 Å². The minimum atomic E-state index is -1.51. The van der Waals surface area contributed by atoms with E-state index in [-0.39, 0.29) is 0 Å². The normalized spacial score (nSPS) is 11.1. The van der Waals surface area contributed by atoms with E-state index in [0.29, 0.717) is 5.46 Å². The van der Waals surface area contributed by atoms with Crippen molar-refractivity contribution >= 4 is 34.1 Å².